The number of aromatic carboxylic acids is 1. The second-order valence-corrected chi connectivity index (χ2v) is 8.37. The molecule has 4 rings (SSSR count). The lowest BCUT2D eigenvalue weighted by atomic mass is 9.83. The van der Waals surface area contributed by atoms with Gasteiger partial charge in [0.15, 0.2) is 0 Å². The number of nitrogens with zero attached hydrogens (tertiary/aromatic N) is 1. The maximum absolute atomic E-state index is 11.4. The van der Waals surface area contributed by atoms with Gasteiger partial charge in [0.05, 0.1) is 5.56 Å². The minimum atomic E-state index is -0.897. The molecule has 2 unspecified atom stereocenters. The van der Waals surface area contributed by atoms with Gasteiger partial charge in [0.25, 0.3) is 0 Å². The summed E-state index contributed by atoms with van der Waals surface area (Å²) in [7, 11) is 0. The van der Waals surface area contributed by atoms with Crippen LogP contribution in [0.1, 0.15) is 51.9 Å². The molecule has 0 bridgehead atoms. The average Bonchev–Trinajstić information content (AvgIpc) is 2.74. The molecule has 3 aromatic rings. The molecule has 1 aliphatic rings. The molecule has 152 valence electrons. The Morgan fingerprint density at radius 1 is 1.10 bits per heavy atom. The maximum Gasteiger partial charge on any atom is 0.335 e. The van der Waals surface area contributed by atoms with Gasteiger partial charge in [-0.25, -0.2) is 4.79 Å². The molecule has 0 spiro atoms. The largest absolute Gasteiger partial charge is 0.478 e. The highest BCUT2D eigenvalue weighted by atomic mass is 16.4. The van der Waals surface area contributed by atoms with E-state index in [0.717, 1.165) is 29.3 Å². The molecule has 3 aromatic carbocycles. The van der Waals surface area contributed by atoms with E-state index >= 15 is 0 Å². The van der Waals surface area contributed by atoms with Crippen molar-refractivity contribution in [2.45, 2.75) is 39.5 Å². The minimum absolute atomic E-state index is 0.175. The van der Waals surface area contributed by atoms with Crippen LogP contribution in [0, 0.1) is 19.8 Å². The van der Waals surface area contributed by atoms with Gasteiger partial charge in [-0.2, -0.15) is 0 Å². The summed E-state index contributed by atoms with van der Waals surface area (Å²) in [5, 5.41) is 11.3. The lowest BCUT2D eigenvalue weighted by molar-refractivity contribution is 0.0697. The van der Waals surface area contributed by atoms with Gasteiger partial charge in [-0.15, -0.1) is 0 Å². The molecule has 1 aliphatic heterocycles. The Hall–Kier alpha value is -3.20. The fraction of sp³-hybridized carbons (Fsp3) is 0.259. The number of carboxylic acid groups (broad SMARTS) is 1. The average molecular weight is 398 g/mol. The Morgan fingerprint density at radius 2 is 1.90 bits per heavy atom. The summed E-state index contributed by atoms with van der Waals surface area (Å²) in [6, 6.07) is 18.1. The van der Waals surface area contributed by atoms with E-state index < -0.39 is 5.97 Å². The summed E-state index contributed by atoms with van der Waals surface area (Å²) >= 11 is 0. The molecule has 0 amide bonds. The first kappa shape index (κ1) is 20.1. The first-order chi connectivity index (χ1) is 14.4. The monoisotopic (exact) mass is 397 g/mol. The summed E-state index contributed by atoms with van der Waals surface area (Å²) in [6.45, 7) is 6.53. The van der Waals surface area contributed by atoms with Gasteiger partial charge in [-0.1, -0.05) is 55.5 Å². The van der Waals surface area contributed by atoms with Gasteiger partial charge in [-0.3, -0.25) is 4.99 Å². The number of carbonyl (C=O) groups is 1. The Kier molecular flexibility index (Phi) is 5.54. The normalized spacial score (nSPS) is 17.0. The van der Waals surface area contributed by atoms with Crippen LogP contribution < -0.4 is 0 Å². The highest BCUT2D eigenvalue weighted by molar-refractivity contribution is 5.94. The van der Waals surface area contributed by atoms with Gasteiger partial charge in [-0.05, 0) is 77.8 Å². The third-order valence-electron chi connectivity index (χ3n) is 6.15. The predicted octanol–water partition coefficient (Wildman–Crippen LogP) is 6.48. The number of fused-ring (bicyclic) bond motifs is 1. The van der Waals surface area contributed by atoms with Gasteiger partial charge < -0.3 is 5.11 Å². The zero-order chi connectivity index (χ0) is 21.3. The van der Waals surface area contributed by atoms with Crippen molar-refractivity contribution in [2.24, 2.45) is 10.9 Å². The van der Waals surface area contributed by atoms with Crippen molar-refractivity contribution in [3.05, 3.63) is 94.2 Å². The van der Waals surface area contributed by atoms with Crippen molar-refractivity contribution < 1.29 is 9.90 Å². The number of hydrogen-bond acceptors (Lipinski definition) is 2. The molecule has 0 aromatic heterocycles. The number of rotatable bonds is 5. The van der Waals surface area contributed by atoms with E-state index in [2.05, 4.69) is 69.5 Å². The van der Waals surface area contributed by atoms with E-state index in [-0.39, 0.29) is 5.92 Å². The van der Waals surface area contributed by atoms with Crippen LogP contribution >= 0.6 is 0 Å². The number of aliphatic imine (C=N–C) groups is 1. The van der Waals surface area contributed by atoms with E-state index in [9.17, 15) is 9.90 Å². The van der Waals surface area contributed by atoms with Gasteiger partial charge in [0, 0.05) is 17.8 Å². The van der Waals surface area contributed by atoms with E-state index in [1.807, 2.05) is 6.07 Å². The highest BCUT2D eigenvalue weighted by Crippen LogP contribution is 2.35. The van der Waals surface area contributed by atoms with E-state index in [4.69, 9.17) is 4.99 Å². The number of benzene rings is 3. The number of aryl methyl sites for hydroxylation is 1. The predicted molar refractivity (Wildman–Crippen MR) is 124 cm³/mol. The fourth-order valence-electron chi connectivity index (χ4n) is 4.18. The first-order valence-electron chi connectivity index (χ1n) is 10.5. The van der Waals surface area contributed by atoms with Gasteiger partial charge in [0.2, 0.25) is 0 Å². The molecule has 0 radical (unpaired) electrons. The Morgan fingerprint density at radius 3 is 2.63 bits per heavy atom. The Bertz CT molecular complexity index is 1170. The topological polar surface area (TPSA) is 49.7 Å². The zero-order valence-corrected chi connectivity index (χ0v) is 17.7. The van der Waals surface area contributed by atoms with Crippen LogP contribution in [0.4, 0.5) is 0 Å². The second kappa shape index (κ2) is 8.27. The standard InChI is InChI=1S/C27H27NO2/c1-17-7-12-26(28-16-17)25(24-6-4-5-18(2)19(24)3)14-20-8-9-21-10-11-22(27(29)30)15-23(21)13-20/h4-6,8-13,15-17,25H,7,14H2,1-3H3,(H,29,30). The molecule has 0 aliphatic carbocycles. The molecular weight excluding hydrogens is 370 g/mol. The van der Waals surface area contributed by atoms with Crippen molar-refractivity contribution in [1.29, 1.82) is 0 Å². The van der Waals surface area contributed by atoms with E-state index in [1.165, 1.54) is 22.3 Å². The molecule has 0 fully saturated rings. The molecular formula is C27H27NO2. The van der Waals surface area contributed by atoms with Gasteiger partial charge in [0.1, 0.15) is 0 Å². The van der Waals surface area contributed by atoms with Crippen LogP contribution in [0.15, 0.2) is 71.4 Å². The van der Waals surface area contributed by atoms with Crippen molar-refractivity contribution in [1.82, 2.24) is 0 Å². The smallest absolute Gasteiger partial charge is 0.335 e. The van der Waals surface area contributed by atoms with Crippen LogP contribution in [0.5, 0.6) is 0 Å². The Balaban J connectivity index is 1.75. The first-order valence-corrected chi connectivity index (χ1v) is 10.5. The number of carboxylic acids is 1. The minimum Gasteiger partial charge on any atom is -0.478 e. The molecule has 1 N–H and O–H groups in total. The summed E-state index contributed by atoms with van der Waals surface area (Å²) in [5.41, 5.74) is 6.54. The molecule has 30 heavy (non-hydrogen) atoms. The van der Waals surface area contributed by atoms with Crippen LogP contribution in [0.3, 0.4) is 0 Å². The number of hydrogen-bond donors (Lipinski definition) is 1. The van der Waals surface area contributed by atoms with E-state index in [1.54, 1.807) is 12.1 Å². The zero-order valence-electron chi connectivity index (χ0n) is 17.7. The Labute approximate surface area is 177 Å². The fourth-order valence-corrected chi connectivity index (χ4v) is 4.18. The molecule has 0 saturated heterocycles. The van der Waals surface area contributed by atoms with Crippen LogP contribution in [0.2, 0.25) is 0 Å². The molecule has 3 heteroatoms. The highest BCUT2D eigenvalue weighted by Gasteiger charge is 2.21. The van der Waals surface area contributed by atoms with Gasteiger partial charge >= 0.3 is 5.97 Å². The van der Waals surface area contributed by atoms with Crippen molar-refractivity contribution >= 4 is 23.0 Å². The molecule has 0 saturated carbocycles. The summed E-state index contributed by atoms with van der Waals surface area (Å²) in [6.07, 6.45) is 6.18. The van der Waals surface area contributed by atoms with Crippen LogP contribution in [-0.4, -0.2) is 17.3 Å². The third kappa shape index (κ3) is 4.06. The maximum atomic E-state index is 11.4. The van der Waals surface area contributed by atoms with Crippen LogP contribution in [-0.2, 0) is 6.42 Å². The quantitative estimate of drug-likeness (QED) is 0.536. The van der Waals surface area contributed by atoms with Crippen LogP contribution in [0.25, 0.3) is 10.8 Å². The van der Waals surface area contributed by atoms with Crippen molar-refractivity contribution in [2.75, 3.05) is 0 Å². The number of allylic oxidation sites excluding steroid dienone is 2. The SMILES string of the molecule is Cc1cccc(C(Cc2ccc3ccc(C(=O)O)cc3c2)C2=CCC(C)C=N2)c1C. The third-order valence-corrected chi connectivity index (χ3v) is 6.15. The summed E-state index contributed by atoms with van der Waals surface area (Å²) < 4.78 is 0. The summed E-state index contributed by atoms with van der Waals surface area (Å²) in [4.78, 5) is 16.2. The van der Waals surface area contributed by atoms with Crippen molar-refractivity contribution in [3.63, 3.8) is 0 Å². The van der Waals surface area contributed by atoms with E-state index in [0.29, 0.717) is 11.5 Å². The molecule has 3 nitrogen and oxygen atoms in total. The molecule has 2 atom stereocenters. The lowest BCUT2D eigenvalue weighted by Gasteiger charge is -2.24. The summed E-state index contributed by atoms with van der Waals surface area (Å²) in [5.74, 6) is -0.247. The lowest BCUT2D eigenvalue weighted by Crippen LogP contribution is -2.12. The molecule has 1 heterocycles. The van der Waals surface area contributed by atoms with Crippen molar-refractivity contribution in [3.8, 4) is 0 Å². The second-order valence-electron chi connectivity index (χ2n) is 8.37.